The number of aromatic nitrogens is 3. The molecule has 2 aromatic rings. The molecule has 8 heteroatoms. The van der Waals surface area contributed by atoms with Crippen LogP contribution in [0.3, 0.4) is 0 Å². The van der Waals surface area contributed by atoms with Gasteiger partial charge in [0.25, 0.3) is 0 Å². The van der Waals surface area contributed by atoms with E-state index in [1.165, 1.54) is 11.0 Å². The third-order valence-corrected chi connectivity index (χ3v) is 2.81. The van der Waals surface area contributed by atoms with Crippen molar-refractivity contribution >= 4 is 23.6 Å². The van der Waals surface area contributed by atoms with E-state index in [1.807, 2.05) is 0 Å². The van der Waals surface area contributed by atoms with Gasteiger partial charge in [-0.2, -0.15) is 10.1 Å². The smallest absolute Gasteiger partial charge is 0.326 e. The number of carbonyl (C=O) groups excluding carboxylic acids is 1. The zero-order valence-electron chi connectivity index (χ0n) is 11.4. The van der Waals surface area contributed by atoms with Crippen LogP contribution in [0.1, 0.15) is 12.0 Å². The van der Waals surface area contributed by atoms with E-state index >= 15 is 0 Å². The number of nitrogens with one attached hydrogen (secondary N) is 2. The summed E-state index contributed by atoms with van der Waals surface area (Å²) in [4.78, 5) is 26.4. The van der Waals surface area contributed by atoms with Crippen LogP contribution in [0.15, 0.2) is 30.6 Å². The van der Waals surface area contributed by atoms with E-state index in [0.29, 0.717) is 18.1 Å². The standard InChI is InChI=1S/C13H15N5O3/c1-18-12(14-8-15-18)17-13(21)16-10-5-3-2-4-9(10)6-7-11(19)20/h2-5,8H,6-7H2,1H3,(H,19,20)(H2,14,15,16,17,21). The van der Waals surface area contributed by atoms with Crippen molar-refractivity contribution in [3.63, 3.8) is 0 Å². The van der Waals surface area contributed by atoms with Gasteiger partial charge in [0, 0.05) is 19.2 Å². The Morgan fingerprint density at radius 1 is 1.29 bits per heavy atom. The Morgan fingerprint density at radius 3 is 2.71 bits per heavy atom. The first kappa shape index (κ1) is 14.5. The molecule has 0 aliphatic carbocycles. The van der Waals surface area contributed by atoms with Gasteiger partial charge in [-0.1, -0.05) is 18.2 Å². The molecule has 0 bridgehead atoms. The van der Waals surface area contributed by atoms with Crippen LogP contribution >= 0.6 is 0 Å². The lowest BCUT2D eigenvalue weighted by molar-refractivity contribution is -0.136. The van der Waals surface area contributed by atoms with Crippen LogP contribution < -0.4 is 10.6 Å². The van der Waals surface area contributed by atoms with Crippen molar-refractivity contribution in [2.75, 3.05) is 10.6 Å². The van der Waals surface area contributed by atoms with Gasteiger partial charge in [0.2, 0.25) is 5.95 Å². The van der Waals surface area contributed by atoms with Crippen molar-refractivity contribution in [1.82, 2.24) is 14.8 Å². The van der Waals surface area contributed by atoms with E-state index < -0.39 is 12.0 Å². The highest BCUT2D eigenvalue weighted by atomic mass is 16.4. The van der Waals surface area contributed by atoms with Crippen LogP contribution in [0, 0.1) is 0 Å². The molecule has 3 N–H and O–H groups in total. The molecule has 0 saturated heterocycles. The van der Waals surface area contributed by atoms with E-state index in [1.54, 1.807) is 31.3 Å². The molecule has 0 spiro atoms. The molecular formula is C13H15N5O3. The summed E-state index contributed by atoms with van der Waals surface area (Å²) in [6.07, 6.45) is 1.68. The lowest BCUT2D eigenvalue weighted by Crippen LogP contribution is -2.22. The van der Waals surface area contributed by atoms with E-state index in [4.69, 9.17) is 5.11 Å². The zero-order chi connectivity index (χ0) is 15.2. The lowest BCUT2D eigenvalue weighted by Gasteiger charge is -2.10. The number of amides is 2. The number of hydrogen-bond acceptors (Lipinski definition) is 4. The van der Waals surface area contributed by atoms with Gasteiger partial charge >= 0.3 is 12.0 Å². The van der Waals surface area contributed by atoms with Gasteiger partial charge in [-0.25, -0.2) is 9.48 Å². The fourth-order valence-electron chi connectivity index (χ4n) is 1.77. The highest BCUT2D eigenvalue weighted by molar-refractivity contribution is 5.99. The number of hydrogen-bond donors (Lipinski definition) is 3. The lowest BCUT2D eigenvalue weighted by atomic mass is 10.1. The highest BCUT2D eigenvalue weighted by Crippen LogP contribution is 2.17. The van der Waals surface area contributed by atoms with Crippen molar-refractivity contribution in [2.45, 2.75) is 12.8 Å². The SMILES string of the molecule is Cn1ncnc1NC(=O)Nc1ccccc1CCC(=O)O. The van der Waals surface area contributed by atoms with Gasteiger partial charge in [0.15, 0.2) is 0 Å². The van der Waals surface area contributed by atoms with E-state index in [2.05, 4.69) is 20.7 Å². The number of benzene rings is 1. The Kier molecular flexibility index (Phi) is 4.50. The third kappa shape index (κ3) is 4.03. The average molecular weight is 289 g/mol. The minimum Gasteiger partial charge on any atom is -0.481 e. The number of carboxylic acid groups (broad SMARTS) is 1. The first-order valence-corrected chi connectivity index (χ1v) is 6.28. The quantitative estimate of drug-likeness (QED) is 0.772. The van der Waals surface area contributed by atoms with E-state index in [9.17, 15) is 9.59 Å². The maximum atomic E-state index is 11.9. The number of carboxylic acids is 1. The van der Waals surface area contributed by atoms with Crippen LogP contribution in [-0.4, -0.2) is 31.9 Å². The molecule has 110 valence electrons. The summed E-state index contributed by atoms with van der Waals surface area (Å²) >= 11 is 0. The normalized spacial score (nSPS) is 10.1. The molecule has 0 aliphatic heterocycles. The number of carbonyl (C=O) groups is 2. The summed E-state index contributed by atoms with van der Waals surface area (Å²) in [6.45, 7) is 0. The Morgan fingerprint density at radius 2 is 2.05 bits per heavy atom. The molecule has 0 saturated carbocycles. The number of aliphatic carboxylic acids is 1. The molecule has 0 unspecified atom stereocenters. The number of aryl methyl sites for hydroxylation is 2. The molecule has 0 atom stereocenters. The molecule has 0 radical (unpaired) electrons. The number of nitrogens with zero attached hydrogens (tertiary/aromatic N) is 3. The van der Waals surface area contributed by atoms with Gasteiger partial charge in [-0.05, 0) is 18.1 Å². The number of anilines is 2. The zero-order valence-corrected chi connectivity index (χ0v) is 11.4. The van der Waals surface area contributed by atoms with Gasteiger partial charge < -0.3 is 10.4 Å². The molecule has 21 heavy (non-hydrogen) atoms. The van der Waals surface area contributed by atoms with Gasteiger partial charge in [0.1, 0.15) is 6.33 Å². The predicted molar refractivity (Wildman–Crippen MR) is 76.0 cm³/mol. The molecule has 0 fully saturated rings. The Labute approximate surface area is 120 Å². The van der Waals surface area contributed by atoms with Crippen LogP contribution in [-0.2, 0) is 18.3 Å². The summed E-state index contributed by atoms with van der Waals surface area (Å²) in [5.74, 6) is -0.566. The number of urea groups is 1. The summed E-state index contributed by atoms with van der Waals surface area (Å²) in [6, 6.07) is 6.59. The summed E-state index contributed by atoms with van der Waals surface area (Å²) in [5, 5.41) is 17.8. The Bertz CT molecular complexity index is 653. The molecule has 1 heterocycles. The molecule has 1 aromatic heterocycles. The first-order valence-electron chi connectivity index (χ1n) is 6.28. The second-order valence-corrected chi connectivity index (χ2v) is 4.34. The monoisotopic (exact) mass is 289 g/mol. The Hall–Kier alpha value is -2.90. The van der Waals surface area contributed by atoms with Gasteiger partial charge in [-0.15, -0.1) is 0 Å². The topological polar surface area (TPSA) is 109 Å². The highest BCUT2D eigenvalue weighted by Gasteiger charge is 2.10. The minimum atomic E-state index is -0.881. The predicted octanol–water partition coefficient (Wildman–Crippen LogP) is 1.48. The van der Waals surface area contributed by atoms with Crippen LogP contribution in [0.4, 0.5) is 16.4 Å². The summed E-state index contributed by atoms with van der Waals surface area (Å²) in [5.41, 5.74) is 1.33. The summed E-state index contributed by atoms with van der Waals surface area (Å²) < 4.78 is 1.43. The van der Waals surface area contributed by atoms with Crippen LogP contribution in [0.2, 0.25) is 0 Å². The van der Waals surface area contributed by atoms with Crippen molar-refractivity contribution in [1.29, 1.82) is 0 Å². The number of para-hydroxylation sites is 1. The molecule has 2 rings (SSSR count). The van der Waals surface area contributed by atoms with Gasteiger partial charge in [-0.3, -0.25) is 10.1 Å². The molecule has 1 aromatic carbocycles. The third-order valence-electron chi connectivity index (χ3n) is 2.81. The largest absolute Gasteiger partial charge is 0.481 e. The second-order valence-electron chi connectivity index (χ2n) is 4.34. The fourth-order valence-corrected chi connectivity index (χ4v) is 1.77. The average Bonchev–Trinajstić information content (AvgIpc) is 2.83. The van der Waals surface area contributed by atoms with Crippen LogP contribution in [0.5, 0.6) is 0 Å². The number of rotatable bonds is 5. The fraction of sp³-hybridized carbons (Fsp3) is 0.231. The first-order chi connectivity index (χ1) is 10.1. The van der Waals surface area contributed by atoms with Crippen LogP contribution in [0.25, 0.3) is 0 Å². The van der Waals surface area contributed by atoms with E-state index in [0.717, 1.165) is 5.56 Å². The molecule has 0 aliphatic rings. The van der Waals surface area contributed by atoms with Crippen molar-refractivity contribution in [2.24, 2.45) is 7.05 Å². The molecular weight excluding hydrogens is 274 g/mol. The molecule has 2 amide bonds. The van der Waals surface area contributed by atoms with Gasteiger partial charge in [0.05, 0.1) is 0 Å². The molecule has 8 nitrogen and oxygen atoms in total. The maximum absolute atomic E-state index is 11.9. The summed E-state index contributed by atoms with van der Waals surface area (Å²) in [7, 11) is 1.66. The maximum Gasteiger partial charge on any atom is 0.326 e. The van der Waals surface area contributed by atoms with E-state index in [-0.39, 0.29) is 6.42 Å². The van der Waals surface area contributed by atoms with Crippen molar-refractivity contribution in [3.05, 3.63) is 36.2 Å². The Balaban J connectivity index is 2.03. The second kappa shape index (κ2) is 6.51. The van der Waals surface area contributed by atoms with Crippen molar-refractivity contribution in [3.8, 4) is 0 Å². The minimum absolute atomic E-state index is 0.00357. The van der Waals surface area contributed by atoms with Crippen molar-refractivity contribution < 1.29 is 14.7 Å².